The van der Waals surface area contributed by atoms with Crippen LogP contribution in [-0.2, 0) is 99.6 Å². The number of aliphatic hydroxyl groups is 30. The molecule has 33 N–H and O–H groups in total. The predicted molar refractivity (Wildman–Crippen MR) is 367 cm³/mol. The molecule has 120 heavy (non-hydrogen) atoms. The Labute approximate surface area is 678 Å². The Kier molecular flexibility index (Phi) is 37.2. The number of amides is 3. The average Bonchev–Trinajstić information content (AvgIpc) is 0.776. The van der Waals surface area contributed by atoms with Crippen molar-refractivity contribution in [1.29, 1.82) is 0 Å². The molecule has 0 aliphatic carbocycles. The van der Waals surface area contributed by atoms with E-state index in [9.17, 15) is 168 Å². The molecule has 9 rings (SSSR count). The third kappa shape index (κ3) is 22.4. The van der Waals surface area contributed by atoms with Gasteiger partial charge in [0.15, 0.2) is 56.6 Å². The van der Waals surface area contributed by atoms with Gasteiger partial charge in [0.25, 0.3) is 0 Å². The van der Waals surface area contributed by atoms with Crippen LogP contribution < -0.4 is 16.0 Å². The number of rotatable bonds is 35. The minimum absolute atomic E-state index is 0.827. The summed E-state index contributed by atoms with van der Waals surface area (Å²) in [6.45, 7) is -9.58. The first-order valence-electron chi connectivity index (χ1n) is 38.1. The second-order valence-electron chi connectivity index (χ2n) is 30.0. The van der Waals surface area contributed by atoms with Crippen LogP contribution >= 0.6 is 0 Å². The highest BCUT2D eigenvalue weighted by Crippen LogP contribution is 2.40. The first-order chi connectivity index (χ1) is 56.8. The highest BCUT2D eigenvalue weighted by molar-refractivity contribution is 5.74. The molecule has 9 fully saturated rings. The lowest BCUT2D eigenvalue weighted by atomic mass is 9.94. The molecule has 0 bridgehead atoms. The Morgan fingerprint density at radius 1 is 0.283 bits per heavy atom. The number of hydrogen-bond donors (Lipinski definition) is 33. The fraction of sp³-hybridized carbons (Fsp3) is 0.955. The fourth-order valence-electron chi connectivity index (χ4n) is 15.0. The maximum atomic E-state index is 13.1. The zero-order valence-corrected chi connectivity index (χ0v) is 64.1. The van der Waals surface area contributed by atoms with E-state index in [1.165, 1.54) is 0 Å². The highest BCUT2D eigenvalue weighted by Gasteiger charge is 2.61. The lowest BCUT2D eigenvalue weighted by Crippen LogP contribution is -2.70. The molecule has 49 atom stereocenters. The van der Waals surface area contributed by atoms with Gasteiger partial charge in [-0.25, -0.2) is 0 Å². The van der Waals surface area contributed by atoms with Gasteiger partial charge in [-0.3, -0.25) is 14.4 Å². The van der Waals surface area contributed by atoms with E-state index in [1.807, 2.05) is 0 Å². The SMILES string of the molecule is CC(=O)N[C@H]1[C@H](O[C@@H]([C@H](O)[C@H](CO)NC(C)=O)[C@H](O)CO)O[C@H](CO)[C@@H](O[C@@H]2O[C@H](CO[C@H]3O[C@H](CO[C@H]4O[C@H](CO)[C@@H](O)[C@H](O)[C@@H]4O)[C@@H](O)[C@H](O[C@H]4O[C@H](CO)[C@@H](O)[C@H](O)[C@@H]4O)[C@@H]3O)[C@@H](O)[C@H](O[C@H]3O[C@H](CO)[C@@H](O)[C@H](O)[C@@H]3O[C@@H]3O[C@H](CO)[C@@H](O[C@@H]4O[C@H](CO)[C@H](O)[C@H](O[C@H]5O[C@H](CO)[C@H](O)[C@H](O)[C@H]5O)[C@H]4O)[C@H](O)[C@H]3NC(C)=O)[C@@H]2O)[C@@H]1O. The molecule has 0 aromatic rings. The lowest BCUT2D eigenvalue weighted by molar-refractivity contribution is -0.399. The van der Waals surface area contributed by atoms with Gasteiger partial charge in [0.1, 0.15) is 238 Å². The van der Waals surface area contributed by atoms with Crippen molar-refractivity contribution in [3.8, 4) is 0 Å². The quantitative estimate of drug-likeness (QED) is 0.0280. The van der Waals surface area contributed by atoms with Crippen LogP contribution in [0.4, 0.5) is 0 Å². The van der Waals surface area contributed by atoms with Crippen molar-refractivity contribution in [2.24, 2.45) is 0 Å². The Morgan fingerprint density at radius 2 is 0.575 bits per heavy atom. The molecule has 9 aliphatic rings. The van der Waals surface area contributed by atoms with E-state index in [4.69, 9.17) is 85.3 Å². The molecule has 54 nitrogen and oxygen atoms in total. The summed E-state index contributed by atoms with van der Waals surface area (Å²) < 4.78 is 105. The normalized spacial score (nSPS) is 47.6. The number of nitrogens with one attached hydrogen (secondary N) is 3. The van der Waals surface area contributed by atoms with Gasteiger partial charge in [-0.05, 0) is 0 Å². The van der Waals surface area contributed by atoms with Crippen molar-refractivity contribution in [2.75, 3.05) is 72.7 Å². The molecule has 0 unspecified atom stereocenters. The summed E-state index contributed by atoms with van der Waals surface area (Å²) in [6, 6.07) is -5.75. The molecular weight excluding hydrogens is 1650 g/mol. The van der Waals surface area contributed by atoms with Crippen LogP contribution in [-0.4, -0.2) is 544 Å². The monoisotopic (exact) mass is 1760 g/mol. The second kappa shape index (κ2) is 44.5. The Balaban J connectivity index is 1.05. The smallest absolute Gasteiger partial charge is 0.217 e. The van der Waals surface area contributed by atoms with E-state index in [0.717, 1.165) is 20.8 Å². The Morgan fingerprint density at radius 3 is 0.967 bits per heavy atom. The number of aliphatic hydroxyl groups excluding tert-OH is 30. The zero-order chi connectivity index (χ0) is 88.6. The molecule has 9 heterocycles. The van der Waals surface area contributed by atoms with Crippen LogP contribution in [0.2, 0.25) is 0 Å². The number of ether oxygens (including phenoxy) is 18. The summed E-state index contributed by atoms with van der Waals surface area (Å²) in [4.78, 5) is 38.2. The molecule has 0 radical (unpaired) electrons. The zero-order valence-electron chi connectivity index (χ0n) is 64.1. The van der Waals surface area contributed by atoms with Crippen LogP contribution in [0.3, 0.4) is 0 Å². The van der Waals surface area contributed by atoms with Gasteiger partial charge < -0.3 is 254 Å². The molecule has 0 saturated carbocycles. The van der Waals surface area contributed by atoms with Crippen LogP contribution in [0.1, 0.15) is 20.8 Å². The Hall–Kier alpha value is -3.51. The summed E-state index contributed by atoms with van der Waals surface area (Å²) in [5.74, 6) is -2.86. The van der Waals surface area contributed by atoms with Crippen molar-refractivity contribution in [1.82, 2.24) is 16.0 Å². The average molecular weight is 1760 g/mol. The molecule has 9 saturated heterocycles. The number of carbonyl (C=O) groups is 3. The van der Waals surface area contributed by atoms with Crippen molar-refractivity contribution in [3.63, 3.8) is 0 Å². The third-order valence-electron chi connectivity index (χ3n) is 21.7. The first kappa shape index (κ1) is 100. The van der Waals surface area contributed by atoms with Crippen LogP contribution in [0, 0.1) is 0 Å². The minimum atomic E-state index is -2.64. The standard InChI is InChI=1S/C66H113N3O51/c1-15(79)67-18(4-70)31(83)51(19(82)5-71)114-58-29(68-16(2)80)39(91)53(25(11-77)110-58)116-65-50(102)56(38(90)28(113-65)14-104-61-48(100)55(118-63-47(99)43(95)34(86)22(8-74)107-63)37(89)27(112-61)13-103-60-45(97)41(93)32(84)20(6-72)105-60)119-66-57(44(96)35(87)23(9-75)109-66)120-59-30(69-17(3)81)40(92)52(26(12-78)111-59)115-64-49(101)54(36(88)24(10-76)108-64)117-62-46(98)42(94)33(85)21(7-73)106-62/h18-66,70-78,82-102H,4-14H2,1-3H3,(H,67,79)(H,68,80)(H,69,81)/t18-,19+,20+,21+,22+,23+,24+,25+,26+,27+,28+,29+,30+,31+,32+,33-,34+,35+,36-,37+,38+,39+,40+,41-,42-,43-,44-,45-,46+,47-,48-,49+,50-,51+,52+,53+,54-,55-,56-,57-,58-,59-,60-,61-,62+,63+,64-,65-,66+/m0/s1. The van der Waals surface area contributed by atoms with Gasteiger partial charge in [0.05, 0.1) is 78.7 Å². The summed E-state index contributed by atoms with van der Waals surface area (Å²) >= 11 is 0. The molecular formula is C66H113N3O51. The summed E-state index contributed by atoms with van der Waals surface area (Å²) in [5.41, 5.74) is 0. The Bertz CT molecular complexity index is 3120. The van der Waals surface area contributed by atoms with Crippen molar-refractivity contribution >= 4 is 17.7 Å². The fourth-order valence-corrected chi connectivity index (χ4v) is 15.0. The largest absolute Gasteiger partial charge is 0.394 e. The van der Waals surface area contributed by atoms with Crippen molar-refractivity contribution < 1.29 is 253 Å². The van der Waals surface area contributed by atoms with E-state index < -0.39 is 391 Å². The van der Waals surface area contributed by atoms with Gasteiger partial charge in [0, 0.05) is 20.8 Å². The predicted octanol–water partition coefficient (Wildman–Crippen LogP) is -22.7. The van der Waals surface area contributed by atoms with E-state index in [2.05, 4.69) is 16.0 Å². The van der Waals surface area contributed by atoms with Gasteiger partial charge in [0.2, 0.25) is 17.7 Å². The van der Waals surface area contributed by atoms with E-state index in [1.54, 1.807) is 0 Å². The van der Waals surface area contributed by atoms with Gasteiger partial charge in [-0.2, -0.15) is 0 Å². The third-order valence-corrected chi connectivity index (χ3v) is 21.7. The number of hydrogen-bond acceptors (Lipinski definition) is 51. The maximum Gasteiger partial charge on any atom is 0.217 e. The molecule has 698 valence electrons. The van der Waals surface area contributed by atoms with Gasteiger partial charge >= 0.3 is 0 Å². The molecule has 3 amide bonds. The van der Waals surface area contributed by atoms with Crippen molar-refractivity contribution in [3.05, 3.63) is 0 Å². The summed E-state index contributed by atoms with van der Waals surface area (Å²) in [7, 11) is 0. The molecule has 0 aromatic heterocycles. The second-order valence-corrected chi connectivity index (χ2v) is 30.0. The van der Waals surface area contributed by atoms with Gasteiger partial charge in [-0.1, -0.05) is 0 Å². The first-order valence-corrected chi connectivity index (χ1v) is 38.1. The summed E-state index contributed by atoms with van der Waals surface area (Å²) in [6.07, 6.45) is -99.2. The van der Waals surface area contributed by atoms with Crippen LogP contribution in [0.25, 0.3) is 0 Å². The van der Waals surface area contributed by atoms with Crippen LogP contribution in [0.15, 0.2) is 0 Å². The van der Waals surface area contributed by atoms with Crippen LogP contribution in [0.5, 0.6) is 0 Å². The minimum Gasteiger partial charge on any atom is -0.394 e. The summed E-state index contributed by atoms with van der Waals surface area (Å²) in [5, 5.41) is 338. The van der Waals surface area contributed by atoms with E-state index in [0.29, 0.717) is 0 Å². The van der Waals surface area contributed by atoms with Gasteiger partial charge in [-0.15, -0.1) is 0 Å². The van der Waals surface area contributed by atoms with E-state index in [-0.39, 0.29) is 0 Å². The maximum absolute atomic E-state index is 13.1. The van der Waals surface area contributed by atoms with E-state index >= 15 is 0 Å². The number of carbonyl (C=O) groups excluding carboxylic acids is 3. The van der Waals surface area contributed by atoms with Crippen molar-refractivity contribution in [2.45, 2.75) is 321 Å². The topological polar surface area (TPSA) is 860 Å². The molecule has 54 heteroatoms. The molecule has 9 aliphatic heterocycles. The molecule has 0 aromatic carbocycles. The molecule has 0 spiro atoms. The highest BCUT2D eigenvalue weighted by atomic mass is 16.8. The lowest BCUT2D eigenvalue weighted by Gasteiger charge is -2.51.